The number of para-hydroxylation sites is 1. The summed E-state index contributed by atoms with van der Waals surface area (Å²) >= 11 is 5.86. The van der Waals surface area contributed by atoms with Crippen molar-refractivity contribution in [3.63, 3.8) is 0 Å². The largest absolute Gasteiger partial charge is 0.377 e. The van der Waals surface area contributed by atoms with Crippen molar-refractivity contribution in [1.82, 2.24) is 19.7 Å². The highest BCUT2D eigenvalue weighted by atomic mass is 35.5. The van der Waals surface area contributed by atoms with Crippen LogP contribution in [-0.4, -0.2) is 63.2 Å². The third-order valence-electron chi connectivity index (χ3n) is 4.89. The van der Waals surface area contributed by atoms with Crippen LogP contribution >= 0.6 is 11.6 Å². The van der Waals surface area contributed by atoms with Crippen molar-refractivity contribution in [3.05, 3.63) is 53.3 Å². The predicted octanol–water partition coefficient (Wildman–Crippen LogP) is 1.05. The van der Waals surface area contributed by atoms with Crippen molar-refractivity contribution in [2.75, 3.05) is 25.1 Å². The third kappa shape index (κ3) is 4.35. The SMILES string of the molecule is NC(=O)c1nn(CC(=O)N2CCOC[C@H]2C(=O)Nc2cccc(Cl)n2)c2ccccc12. The molecule has 0 unspecified atom stereocenters. The molecule has 0 spiro atoms. The number of benzene rings is 1. The summed E-state index contributed by atoms with van der Waals surface area (Å²) in [6, 6.07) is 11.0. The number of pyridine rings is 1. The highest BCUT2D eigenvalue weighted by molar-refractivity contribution is 6.29. The van der Waals surface area contributed by atoms with Gasteiger partial charge in [0.15, 0.2) is 5.69 Å². The number of fused-ring (bicyclic) bond motifs is 1. The maximum Gasteiger partial charge on any atom is 0.269 e. The van der Waals surface area contributed by atoms with E-state index < -0.39 is 17.9 Å². The summed E-state index contributed by atoms with van der Waals surface area (Å²) in [6.45, 7) is 0.427. The minimum Gasteiger partial charge on any atom is -0.377 e. The van der Waals surface area contributed by atoms with Crippen LogP contribution in [-0.2, 0) is 20.9 Å². The highest BCUT2D eigenvalue weighted by Gasteiger charge is 2.33. The van der Waals surface area contributed by atoms with E-state index in [4.69, 9.17) is 22.1 Å². The smallest absolute Gasteiger partial charge is 0.269 e. The summed E-state index contributed by atoms with van der Waals surface area (Å²) in [5, 5.41) is 7.67. The Balaban J connectivity index is 1.55. The standard InChI is InChI=1S/C20H19ClN6O4/c21-15-6-3-7-16(23-15)24-20(30)14-11-31-9-8-26(14)17(28)10-27-13-5-2-1-4-12(13)18(25-27)19(22)29/h1-7,14H,8-11H2,(H2,22,29)(H,23,24,30)/t14-/m0/s1. The zero-order valence-corrected chi connectivity index (χ0v) is 17.1. The van der Waals surface area contributed by atoms with Gasteiger partial charge in [-0.3, -0.25) is 19.1 Å². The molecule has 0 aliphatic carbocycles. The second-order valence-corrected chi connectivity index (χ2v) is 7.29. The summed E-state index contributed by atoms with van der Waals surface area (Å²) in [4.78, 5) is 43.1. The second kappa shape index (κ2) is 8.70. The molecule has 1 fully saturated rings. The normalized spacial score (nSPS) is 16.3. The van der Waals surface area contributed by atoms with Crippen LogP contribution in [0.5, 0.6) is 0 Å². The molecule has 2 aromatic heterocycles. The van der Waals surface area contributed by atoms with E-state index in [2.05, 4.69) is 15.4 Å². The molecule has 3 amide bonds. The summed E-state index contributed by atoms with van der Waals surface area (Å²) in [7, 11) is 0. The molecule has 1 saturated heterocycles. The first-order valence-corrected chi connectivity index (χ1v) is 9.88. The monoisotopic (exact) mass is 442 g/mol. The van der Waals surface area contributed by atoms with Crippen LogP contribution in [0.15, 0.2) is 42.5 Å². The maximum absolute atomic E-state index is 13.1. The molecule has 3 aromatic rings. The van der Waals surface area contributed by atoms with E-state index in [1.807, 2.05) is 0 Å². The van der Waals surface area contributed by atoms with Gasteiger partial charge in [-0.1, -0.05) is 35.9 Å². The lowest BCUT2D eigenvalue weighted by atomic mass is 10.2. The van der Waals surface area contributed by atoms with E-state index >= 15 is 0 Å². The zero-order valence-electron chi connectivity index (χ0n) is 16.3. The third-order valence-corrected chi connectivity index (χ3v) is 5.10. The molecule has 1 aliphatic heterocycles. The number of primary amides is 1. The number of amides is 3. The van der Waals surface area contributed by atoms with Crippen molar-refractivity contribution < 1.29 is 19.1 Å². The Labute approximate surface area is 181 Å². The number of nitrogens with zero attached hydrogens (tertiary/aromatic N) is 4. The maximum atomic E-state index is 13.1. The molecule has 3 N–H and O–H groups in total. The quantitative estimate of drug-likeness (QED) is 0.567. The average molecular weight is 443 g/mol. The van der Waals surface area contributed by atoms with Crippen LogP contribution in [0.1, 0.15) is 10.5 Å². The van der Waals surface area contributed by atoms with Crippen molar-refractivity contribution >= 4 is 46.0 Å². The van der Waals surface area contributed by atoms with Gasteiger partial charge in [-0.15, -0.1) is 0 Å². The number of hydrogen-bond donors (Lipinski definition) is 2. The molecule has 1 aromatic carbocycles. The van der Waals surface area contributed by atoms with Crippen LogP contribution in [0.4, 0.5) is 5.82 Å². The molecule has 0 saturated carbocycles. The molecule has 0 bridgehead atoms. The van der Waals surface area contributed by atoms with Gasteiger partial charge in [0.1, 0.15) is 23.6 Å². The lowest BCUT2D eigenvalue weighted by Gasteiger charge is -2.34. The summed E-state index contributed by atoms with van der Waals surface area (Å²) < 4.78 is 6.83. The topological polar surface area (TPSA) is 132 Å². The van der Waals surface area contributed by atoms with Gasteiger partial charge < -0.3 is 20.7 Å². The Bertz CT molecular complexity index is 1160. The summed E-state index contributed by atoms with van der Waals surface area (Å²) in [5.74, 6) is -1.18. The molecule has 1 atom stereocenters. The van der Waals surface area contributed by atoms with E-state index in [-0.39, 0.29) is 42.3 Å². The van der Waals surface area contributed by atoms with Crippen molar-refractivity contribution in [2.24, 2.45) is 5.73 Å². The highest BCUT2D eigenvalue weighted by Crippen LogP contribution is 2.19. The molecule has 10 nitrogen and oxygen atoms in total. The van der Waals surface area contributed by atoms with Gasteiger partial charge in [-0.2, -0.15) is 5.10 Å². The number of hydrogen-bond acceptors (Lipinski definition) is 6. The first kappa shape index (κ1) is 20.8. The minimum atomic E-state index is -0.848. The Kier molecular flexibility index (Phi) is 5.83. The van der Waals surface area contributed by atoms with Crippen LogP contribution in [0.25, 0.3) is 10.9 Å². The number of ether oxygens (including phenoxy) is 1. The second-order valence-electron chi connectivity index (χ2n) is 6.90. The average Bonchev–Trinajstić information content (AvgIpc) is 3.12. The Morgan fingerprint density at radius 3 is 2.77 bits per heavy atom. The number of anilines is 1. The van der Waals surface area contributed by atoms with Crippen LogP contribution in [0.2, 0.25) is 5.15 Å². The lowest BCUT2D eigenvalue weighted by Crippen LogP contribution is -2.55. The predicted molar refractivity (Wildman–Crippen MR) is 112 cm³/mol. The number of nitrogens with one attached hydrogen (secondary N) is 1. The minimum absolute atomic E-state index is 0.0462. The molecule has 11 heteroatoms. The fraction of sp³-hybridized carbons (Fsp3) is 0.250. The fourth-order valence-corrected chi connectivity index (χ4v) is 3.62. The fourth-order valence-electron chi connectivity index (χ4n) is 3.46. The molecular formula is C20H19ClN6O4. The van der Waals surface area contributed by atoms with Gasteiger partial charge in [0.2, 0.25) is 5.91 Å². The summed E-state index contributed by atoms with van der Waals surface area (Å²) in [5.41, 5.74) is 6.11. The number of carbonyl (C=O) groups excluding carboxylic acids is 3. The van der Waals surface area contributed by atoms with Gasteiger partial charge >= 0.3 is 0 Å². The van der Waals surface area contributed by atoms with Gasteiger partial charge in [0, 0.05) is 11.9 Å². The number of aromatic nitrogens is 3. The Morgan fingerprint density at radius 2 is 2.00 bits per heavy atom. The molecule has 4 rings (SSSR count). The van der Waals surface area contributed by atoms with Crippen molar-refractivity contribution in [1.29, 1.82) is 0 Å². The first-order valence-electron chi connectivity index (χ1n) is 9.50. The van der Waals surface area contributed by atoms with E-state index in [0.717, 1.165) is 0 Å². The lowest BCUT2D eigenvalue weighted by molar-refractivity contribution is -0.146. The van der Waals surface area contributed by atoms with Gasteiger partial charge in [0.25, 0.3) is 11.8 Å². The number of rotatable bonds is 5. The zero-order chi connectivity index (χ0) is 22.0. The van der Waals surface area contributed by atoms with Crippen molar-refractivity contribution in [2.45, 2.75) is 12.6 Å². The van der Waals surface area contributed by atoms with Crippen LogP contribution in [0, 0.1) is 0 Å². The van der Waals surface area contributed by atoms with E-state index in [1.165, 1.54) is 9.58 Å². The van der Waals surface area contributed by atoms with Crippen LogP contribution < -0.4 is 11.1 Å². The molecule has 1 aliphatic rings. The Morgan fingerprint density at radius 1 is 1.19 bits per heavy atom. The molecule has 3 heterocycles. The van der Waals surface area contributed by atoms with Gasteiger partial charge in [-0.25, -0.2) is 4.98 Å². The molecular weight excluding hydrogens is 424 g/mol. The van der Waals surface area contributed by atoms with E-state index in [9.17, 15) is 14.4 Å². The van der Waals surface area contributed by atoms with Gasteiger partial charge in [0.05, 0.1) is 18.7 Å². The first-order chi connectivity index (χ1) is 14.9. The number of halogens is 1. The summed E-state index contributed by atoms with van der Waals surface area (Å²) in [6.07, 6.45) is 0. The number of carbonyl (C=O) groups is 3. The van der Waals surface area contributed by atoms with Crippen molar-refractivity contribution in [3.8, 4) is 0 Å². The van der Waals surface area contributed by atoms with Crippen LogP contribution in [0.3, 0.4) is 0 Å². The number of nitrogens with two attached hydrogens (primary N) is 1. The van der Waals surface area contributed by atoms with Gasteiger partial charge in [-0.05, 0) is 18.2 Å². The number of morpholine rings is 1. The molecule has 31 heavy (non-hydrogen) atoms. The Hall–Kier alpha value is -3.50. The van der Waals surface area contributed by atoms with E-state index in [1.54, 1.807) is 42.5 Å². The van der Waals surface area contributed by atoms with E-state index in [0.29, 0.717) is 17.5 Å². The molecule has 160 valence electrons. The molecule has 0 radical (unpaired) electrons.